The number of phenols is 1. The molecule has 1 saturated heterocycles. The summed E-state index contributed by atoms with van der Waals surface area (Å²) in [5.41, 5.74) is 1.69. The Kier molecular flexibility index (Phi) is 5.52. The van der Waals surface area contributed by atoms with Crippen LogP contribution in [-0.2, 0) is 16.1 Å². The lowest BCUT2D eigenvalue weighted by atomic mass is 9.93. The van der Waals surface area contributed by atoms with Gasteiger partial charge in [-0.15, -0.1) is 11.3 Å². The van der Waals surface area contributed by atoms with E-state index in [9.17, 15) is 19.8 Å². The molecule has 0 radical (unpaired) electrons. The number of thiophene rings is 1. The number of Topliss-reactive ketones (excluding diaryl/α,β-unsaturated/α-hetero) is 1. The summed E-state index contributed by atoms with van der Waals surface area (Å²) >= 11 is 1.48. The van der Waals surface area contributed by atoms with E-state index in [0.717, 1.165) is 4.88 Å². The van der Waals surface area contributed by atoms with Gasteiger partial charge in [-0.3, -0.25) is 9.59 Å². The molecule has 1 fully saturated rings. The Labute approximate surface area is 183 Å². The molecule has 0 spiro atoms. The number of benzene rings is 2. The number of nitrogens with zero attached hydrogens (tertiary/aromatic N) is 1. The Morgan fingerprint density at radius 3 is 2.58 bits per heavy atom. The lowest BCUT2D eigenvalue weighted by Crippen LogP contribution is -2.28. The summed E-state index contributed by atoms with van der Waals surface area (Å²) in [6.45, 7) is 2.02. The maximum atomic E-state index is 13.1. The monoisotopic (exact) mass is 435 g/mol. The molecule has 158 valence electrons. The molecular weight excluding hydrogens is 414 g/mol. The number of aryl methyl sites for hydroxylation is 1. The first-order valence-corrected chi connectivity index (χ1v) is 10.5. The highest BCUT2D eigenvalue weighted by Gasteiger charge is 2.46. The minimum Gasteiger partial charge on any atom is -0.508 e. The van der Waals surface area contributed by atoms with E-state index in [-0.39, 0.29) is 23.6 Å². The number of amides is 1. The van der Waals surface area contributed by atoms with E-state index in [1.807, 2.05) is 17.5 Å². The highest BCUT2D eigenvalue weighted by atomic mass is 32.1. The molecule has 0 saturated carbocycles. The first-order valence-electron chi connectivity index (χ1n) is 9.65. The molecule has 7 heteroatoms. The number of hydrogen-bond donors (Lipinski definition) is 2. The number of ether oxygens (including phenoxy) is 1. The summed E-state index contributed by atoms with van der Waals surface area (Å²) in [4.78, 5) is 28.4. The number of methoxy groups -OCH3 is 1. The fourth-order valence-corrected chi connectivity index (χ4v) is 4.53. The van der Waals surface area contributed by atoms with Crippen molar-refractivity contribution in [3.05, 3.63) is 87.1 Å². The molecule has 2 heterocycles. The molecule has 3 aromatic rings. The third-order valence-electron chi connectivity index (χ3n) is 5.32. The smallest absolute Gasteiger partial charge is 0.295 e. The van der Waals surface area contributed by atoms with Crippen molar-refractivity contribution in [1.82, 2.24) is 4.90 Å². The molecule has 0 aliphatic carbocycles. The first kappa shape index (κ1) is 20.7. The molecule has 1 aliphatic rings. The maximum Gasteiger partial charge on any atom is 0.295 e. The molecule has 4 rings (SSSR count). The second-order valence-electron chi connectivity index (χ2n) is 7.28. The van der Waals surface area contributed by atoms with Gasteiger partial charge in [-0.05, 0) is 59.8 Å². The summed E-state index contributed by atoms with van der Waals surface area (Å²) in [6.07, 6.45) is 0. The van der Waals surface area contributed by atoms with Crippen LogP contribution in [0.1, 0.15) is 27.6 Å². The van der Waals surface area contributed by atoms with Gasteiger partial charge in [0, 0.05) is 10.4 Å². The van der Waals surface area contributed by atoms with Crippen LogP contribution in [0.4, 0.5) is 0 Å². The van der Waals surface area contributed by atoms with Crippen LogP contribution in [0.25, 0.3) is 5.76 Å². The number of hydrogen-bond acceptors (Lipinski definition) is 6. The minimum absolute atomic E-state index is 0.000392. The maximum absolute atomic E-state index is 13.1. The summed E-state index contributed by atoms with van der Waals surface area (Å²) in [5, 5.41) is 23.1. The Bertz CT molecular complexity index is 1180. The number of aliphatic hydroxyl groups excluding tert-OH is 1. The van der Waals surface area contributed by atoms with Crippen molar-refractivity contribution in [2.75, 3.05) is 7.11 Å². The predicted molar refractivity (Wildman–Crippen MR) is 118 cm³/mol. The van der Waals surface area contributed by atoms with Crippen molar-refractivity contribution in [1.29, 1.82) is 0 Å². The van der Waals surface area contributed by atoms with Crippen LogP contribution in [0.5, 0.6) is 11.5 Å². The van der Waals surface area contributed by atoms with Gasteiger partial charge in [-0.2, -0.15) is 0 Å². The van der Waals surface area contributed by atoms with E-state index in [1.54, 1.807) is 44.4 Å². The highest BCUT2D eigenvalue weighted by Crippen LogP contribution is 2.41. The van der Waals surface area contributed by atoms with Gasteiger partial charge in [-0.1, -0.05) is 18.2 Å². The van der Waals surface area contributed by atoms with Crippen molar-refractivity contribution in [2.45, 2.75) is 19.5 Å². The van der Waals surface area contributed by atoms with E-state index in [1.165, 1.54) is 28.4 Å². The Balaban J connectivity index is 1.89. The SMILES string of the molecule is COc1ccc(/C(O)=C2/C(=O)C(=O)N(Cc3cccs3)C2c2cccc(O)c2)c(C)c1. The van der Waals surface area contributed by atoms with Gasteiger partial charge >= 0.3 is 0 Å². The summed E-state index contributed by atoms with van der Waals surface area (Å²) in [6, 6.07) is 14.4. The van der Waals surface area contributed by atoms with Gasteiger partial charge in [0.15, 0.2) is 0 Å². The van der Waals surface area contributed by atoms with Crippen LogP contribution in [0.2, 0.25) is 0 Å². The first-order chi connectivity index (χ1) is 14.9. The molecule has 1 atom stereocenters. The molecule has 2 N–H and O–H groups in total. The lowest BCUT2D eigenvalue weighted by Gasteiger charge is -2.25. The largest absolute Gasteiger partial charge is 0.508 e. The molecule has 1 amide bonds. The van der Waals surface area contributed by atoms with E-state index in [2.05, 4.69) is 0 Å². The van der Waals surface area contributed by atoms with E-state index < -0.39 is 17.7 Å². The van der Waals surface area contributed by atoms with Gasteiger partial charge in [0.25, 0.3) is 11.7 Å². The number of likely N-dealkylation sites (tertiary alicyclic amines) is 1. The molecule has 0 bridgehead atoms. The number of carbonyl (C=O) groups excluding carboxylic acids is 2. The van der Waals surface area contributed by atoms with Crippen molar-refractivity contribution in [3.63, 3.8) is 0 Å². The fraction of sp³-hybridized carbons (Fsp3) is 0.167. The number of rotatable bonds is 5. The van der Waals surface area contributed by atoms with Crippen molar-refractivity contribution >= 4 is 28.8 Å². The fourth-order valence-electron chi connectivity index (χ4n) is 3.83. The van der Waals surface area contributed by atoms with Gasteiger partial charge < -0.3 is 19.8 Å². The second-order valence-corrected chi connectivity index (χ2v) is 8.31. The minimum atomic E-state index is -0.823. The Morgan fingerprint density at radius 1 is 1.13 bits per heavy atom. The number of ketones is 1. The third-order valence-corrected chi connectivity index (χ3v) is 6.18. The molecule has 1 unspecified atom stereocenters. The number of carbonyl (C=O) groups is 2. The summed E-state index contributed by atoms with van der Waals surface area (Å²) in [5.74, 6) is -1.05. The number of phenolic OH excluding ortho intramolecular Hbond substituents is 1. The molecular formula is C24H21NO5S. The van der Waals surface area contributed by atoms with Crippen molar-refractivity contribution in [2.24, 2.45) is 0 Å². The zero-order chi connectivity index (χ0) is 22.1. The van der Waals surface area contributed by atoms with Crippen LogP contribution in [0.3, 0.4) is 0 Å². The summed E-state index contributed by atoms with van der Waals surface area (Å²) in [7, 11) is 1.55. The quantitative estimate of drug-likeness (QED) is 0.353. The average Bonchev–Trinajstić information content (AvgIpc) is 3.35. The van der Waals surface area contributed by atoms with Gasteiger partial charge in [-0.25, -0.2) is 0 Å². The Hall–Kier alpha value is -3.58. The average molecular weight is 436 g/mol. The highest BCUT2D eigenvalue weighted by molar-refractivity contribution is 7.09. The lowest BCUT2D eigenvalue weighted by molar-refractivity contribution is -0.140. The standard InChI is InChI=1S/C24H21NO5S/c1-14-11-17(30-2)8-9-19(14)22(27)20-21(15-5-3-6-16(26)12-15)25(24(29)23(20)28)13-18-7-4-10-31-18/h3-12,21,26-27H,13H2,1-2H3/b22-20-. The topological polar surface area (TPSA) is 87.1 Å². The van der Waals surface area contributed by atoms with Crippen LogP contribution in [-0.4, -0.2) is 33.9 Å². The van der Waals surface area contributed by atoms with Crippen LogP contribution in [0, 0.1) is 6.92 Å². The molecule has 31 heavy (non-hydrogen) atoms. The van der Waals surface area contributed by atoms with E-state index in [0.29, 0.717) is 22.4 Å². The van der Waals surface area contributed by atoms with Crippen LogP contribution in [0.15, 0.2) is 65.6 Å². The molecule has 1 aromatic heterocycles. The zero-order valence-electron chi connectivity index (χ0n) is 17.0. The van der Waals surface area contributed by atoms with Crippen molar-refractivity contribution < 1.29 is 24.5 Å². The molecule has 2 aromatic carbocycles. The predicted octanol–water partition coefficient (Wildman–Crippen LogP) is 4.39. The van der Waals surface area contributed by atoms with Gasteiger partial charge in [0.1, 0.15) is 17.3 Å². The third kappa shape index (κ3) is 3.80. The summed E-state index contributed by atoms with van der Waals surface area (Å²) < 4.78 is 5.22. The van der Waals surface area contributed by atoms with Gasteiger partial charge in [0.05, 0.1) is 25.3 Å². The zero-order valence-corrected chi connectivity index (χ0v) is 17.8. The number of aliphatic hydroxyl groups is 1. The van der Waals surface area contributed by atoms with Crippen LogP contribution >= 0.6 is 11.3 Å². The van der Waals surface area contributed by atoms with Gasteiger partial charge in [0.2, 0.25) is 0 Å². The number of aromatic hydroxyl groups is 1. The molecule has 1 aliphatic heterocycles. The second kappa shape index (κ2) is 8.28. The van der Waals surface area contributed by atoms with E-state index in [4.69, 9.17) is 4.74 Å². The van der Waals surface area contributed by atoms with E-state index >= 15 is 0 Å². The van der Waals surface area contributed by atoms with Crippen LogP contribution < -0.4 is 4.74 Å². The normalized spacial score (nSPS) is 17.9. The Morgan fingerprint density at radius 2 is 1.94 bits per heavy atom. The molecule has 6 nitrogen and oxygen atoms in total. The van der Waals surface area contributed by atoms with Crippen molar-refractivity contribution in [3.8, 4) is 11.5 Å².